The number of hydrogen-bond donors (Lipinski definition) is 1. The highest BCUT2D eigenvalue weighted by Crippen LogP contribution is 2.28. The van der Waals surface area contributed by atoms with Gasteiger partial charge in [-0.25, -0.2) is 5.06 Å². The first-order chi connectivity index (χ1) is 19.3. The number of ether oxygens (including phenoxy) is 2. The van der Waals surface area contributed by atoms with Crippen molar-refractivity contribution < 1.29 is 28.7 Å². The maximum Gasteiger partial charge on any atom is 0.269 e. The molecule has 0 saturated carbocycles. The second-order valence-corrected chi connectivity index (χ2v) is 11.3. The Bertz CT molecular complexity index is 938. The molecule has 1 N–H and O–H groups in total. The van der Waals surface area contributed by atoms with Crippen molar-refractivity contribution in [2.45, 2.75) is 96.4 Å². The molecule has 3 rings (SSSR count). The molecule has 9 nitrogen and oxygen atoms in total. The molecule has 40 heavy (non-hydrogen) atoms. The lowest BCUT2D eigenvalue weighted by molar-refractivity contribution is -0.199. The number of nitrogens with one attached hydrogen (secondary N) is 1. The van der Waals surface area contributed by atoms with Crippen LogP contribution in [0, 0.1) is 11.8 Å². The largest absolute Gasteiger partial charge is 0.381 e. The number of benzene rings is 1. The monoisotopic (exact) mass is 559 g/mol. The minimum Gasteiger partial charge on any atom is -0.381 e. The summed E-state index contributed by atoms with van der Waals surface area (Å²) in [6.45, 7) is 7.76. The minimum absolute atomic E-state index is 0.0340. The van der Waals surface area contributed by atoms with Gasteiger partial charge in [-0.3, -0.25) is 19.2 Å². The number of rotatable bonds is 14. The molecule has 2 heterocycles. The molecule has 2 aliphatic rings. The average Bonchev–Trinajstić information content (AvgIpc) is 3.47. The van der Waals surface area contributed by atoms with E-state index >= 15 is 0 Å². The van der Waals surface area contributed by atoms with Crippen LogP contribution in [-0.4, -0.2) is 85.9 Å². The molecular formula is C31H49N3O6. The highest BCUT2D eigenvalue weighted by molar-refractivity contribution is 5.88. The van der Waals surface area contributed by atoms with Crippen LogP contribution >= 0.6 is 0 Å². The standard InChI is InChI=1S/C31H49N3O6/c1-6-22(2)19-25(38-4)21-28(35)33-16-12-15-27(33)29(39-5)23(3)30(36)32-26(20-24-13-8-7-9-14-24)31(37)34-17-10-11-18-40-34/h7-9,13-14,22-23,25-27,29H,6,10-12,15-21H2,1-5H3,(H,32,36)/t22-,23+,25-,26-,27-,29+/m0/s1. The summed E-state index contributed by atoms with van der Waals surface area (Å²) in [5.41, 5.74) is 0.951. The number of hydroxylamine groups is 2. The predicted molar refractivity (Wildman–Crippen MR) is 153 cm³/mol. The van der Waals surface area contributed by atoms with Crippen molar-refractivity contribution in [2.75, 3.05) is 33.9 Å². The molecule has 2 saturated heterocycles. The number of carbonyl (C=O) groups is 3. The zero-order chi connectivity index (χ0) is 29.1. The average molecular weight is 560 g/mol. The fraction of sp³-hybridized carbons (Fsp3) is 0.710. The van der Waals surface area contributed by atoms with Crippen LogP contribution in [-0.2, 0) is 35.1 Å². The third-order valence-electron chi connectivity index (χ3n) is 8.42. The lowest BCUT2D eigenvalue weighted by Crippen LogP contribution is -2.55. The fourth-order valence-corrected chi connectivity index (χ4v) is 5.78. The Morgan fingerprint density at radius 3 is 2.42 bits per heavy atom. The van der Waals surface area contributed by atoms with Crippen LogP contribution in [0.15, 0.2) is 30.3 Å². The first-order valence-corrected chi connectivity index (χ1v) is 14.9. The van der Waals surface area contributed by atoms with Crippen LogP contribution in [0.5, 0.6) is 0 Å². The van der Waals surface area contributed by atoms with Gasteiger partial charge in [0.25, 0.3) is 5.91 Å². The summed E-state index contributed by atoms with van der Waals surface area (Å²) in [5.74, 6) is -0.585. The molecule has 0 spiro atoms. The second kappa shape index (κ2) is 16.1. The third kappa shape index (κ3) is 8.75. The summed E-state index contributed by atoms with van der Waals surface area (Å²) >= 11 is 0. The Labute approximate surface area is 239 Å². The zero-order valence-corrected chi connectivity index (χ0v) is 25.0. The van der Waals surface area contributed by atoms with Crippen molar-refractivity contribution in [3.05, 3.63) is 35.9 Å². The summed E-state index contributed by atoms with van der Waals surface area (Å²) in [6.07, 6.45) is 5.31. The topological polar surface area (TPSA) is 97.4 Å². The number of methoxy groups -OCH3 is 2. The Morgan fingerprint density at radius 2 is 1.80 bits per heavy atom. The fourth-order valence-electron chi connectivity index (χ4n) is 5.78. The molecule has 224 valence electrons. The normalized spacial score (nSPS) is 21.4. The van der Waals surface area contributed by atoms with Crippen LogP contribution < -0.4 is 5.32 Å². The molecule has 0 aliphatic carbocycles. The van der Waals surface area contributed by atoms with E-state index in [2.05, 4.69) is 19.2 Å². The molecule has 0 unspecified atom stereocenters. The van der Waals surface area contributed by atoms with E-state index in [1.807, 2.05) is 42.2 Å². The third-order valence-corrected chi connectivity index (χ3v) is 8.42. The summed E-state index contributed by atoms with van der Waals surface area (Å²) in [7, 11) is 3.25. The van der Waals surface area contributed by atoms with E-state index < -0.39 is 18.1 Å². The van der Waals surface area contributed by atoms with Crippen LogP contribution in [0.2, 0.25) is 0 Å². The van der Waals surface area contributed by atoms with Crippen molar-refractivity contribution in [2.24, 2.45) is 11.8 Å². The van der Waals surface area contributed by atoms with Gasteiger partial charge in [0.15, 0.2) is 0 Å². The molecule has 1 aromatic rings. The van der Waals surface area contributed by atoms with Crippen LogP contribution in [0.3, 0.4) is 0 Å². The van der Waals surface area contributed by atoms with Crippen molar-refractivity contribution in [3.8, 4) is 0 Å². The molecular weight excluding hydrogens is 510 g/mol. The van der Waals surface area contributed by atoms with Crippen LogP contribution in [0.25, 0.3) is 0 Å². The maximum absolute atomic E-state index is 13.6. The van der Waals surface area contributed by atoms with Gasteiger partial charge in [-0.1, -0.05) is 57.5 Å². The zero-order valence-electron chi connectivity index (χ0n) is 25.0. The Hall–Kier alpha value is -2.49. The van der Waals surface area contributed by atoms with Gasteiger partial charge in [-0.15, -0.1) is 0 Å². The molecule has 1 aromatic carbocycles. The van der Waals surface area contributed by atoms with Crippen molar-refractivity contribution in [1.82, 2.24) is 15.3 Å². The quantitative estimate of drug-likeness (QED) is 0.373. The summed E-state index contributed by atoms with van der Waals surface area (Å²) < 4.78 is 11.5. The van der Waals surface area contributed by atoms with Gasteiger partial charge in [0.05, 0.1) is 37.2 Å². The molecule has 2 aliphatic heterocycles. The van der Waals surface area contributed by atoms with E-state index in [-0.39, 0.29) is 29.9 Å². The lowest BCUT2D eigenvalue weighted by Gasteiger charge is -2.35. The van der Waals surface area contributed by atoms with Gasteiger partial charge in [0, 0.05) is 33.7 Å². The van der Waals surface area contributed by atoms with Crippen molar-refractivity contribution >= 4 is 17.7 Å². The molecule has 0 radical (unpaired) electrons. The second-order valence-electron chi connectivity index (χ2n) is 11.3. The van der Waals surface area contributed by atoms with Gasteiger partial charge in [-0.2, -0.15) is 0 Å². The molecule has 0 aromatic heterocycles. The lowest BCUT2D eigenvalue weighted by atomic mass is 9.93. The maximum atomic E-state index is 13.6. The molecule has 2 fully saturated rings. The summed E-state index contributed by atoms with van der Waals surface area (Å²) in [4.78, 5) is 47.9. The number of nitrogens with zero attached hydrogens (tertiary/aromatic N) is 2. The molecule has 0 bridgehead atoms. The molecule has 6 atom stereocenters. The van der Waals surface area contributed by atoms with E-state index in [0.717, 1.165) is 44.1 Å². The van der Waals surface area contributed by atoms with E-state index in [1.165, 1.54) is 5.06 Å². The van der Waals surface area contributed by atoms with Gasteiger partial charge in [0.1, 0.15) is 6.04 Å². The number of amides is 3. The van der Waals surface area contributed by atoms with E-state index in [1.54, 1.807) is 14.2 Å². The first-order valence-electron chi connectivity index (χ1n) is 14.9. The number of carbonyl (C=O) groups excluding carboxylic acids is 3. The highest BCUT2D eigenvalue weighted by atomic mass is 16.7. The molecule has 3 amide bonds. The number of hydrogen-bond acceptors (Lipinski definition) is 6. The van der Waals surface area contributed by atoms with Gasteiger partial charge in [-0.05, 0) is 43.6 Å². The molecule has 9 heteroatoms. The SMILES string of the molecule is CC[C@H](C)C[C@@H](CC(=O)N1CCC[C@H]1[C@H](OC)[C@@H](C)C(=O)N[C@@H](Cc1ccccc1)C(=O)N1CCCCO1)OC. The highest BCUT2D eigenvalue weighted by Gasteiger charge is 2.41. The van der Waals surface area contributed by atoms with E-state index in [4.69, 9.17) is 14.3 Å². The van der Waals surface area contributed by atoms with Crippen LogP contribution in [0.4, 0.5) is 0 Å². The minimum atomic E-state index is -0.766. The first kappa shape index (κ1) is 32.0. The number of likely N-dealkylation sites (tertiary alicyclic amines) is 1. The Morgan fingerprint density at radius 1 is 1.05 bits per heavy atom. The van der Waals surface area contributed by atoms with Crippen LogP contribution in [0.1, 0.15) is 71.3 Å². The van der Waals surface area contributed by atoms with Crippen molar-refractivity contribution in [1.29, 1.82) is 0 Å². The van der Waals surface area contributed by atoms with Gasteiger partial charge >= 0.3 is 0 Å². The van der Waals surface area contributed by atoms with Crippen molar-refractivity contribution in [3.63, 3.8) is 0 Å². The summed E-state index contributed by atoms with van der Waals surface area (Å²) in [6, 6.07) is 8.67. The smallest absolute Gasteiger partial charge is 0.269 e. The van der Waals surface area contributed by atoms with Gasteiger partial charge < -0.3 is 19.7 Å². The van der Waals surface area contributed by atoms with E-state index in [9.17, 15) is 14.4 Å². The summed E-state index contributed by atoms with van der Waals surface area (Å²) in [5, 5.41) is 4.39. The predicted octanol–water partition coefficient (Wildman–Crippen LogP) is 3.75. The Kier molecular flexibility index (Phi) is 12.9. The Balaban J connectivity index is 1.70. The van der Waals surface area contributed by atoms with Gasteiger partial charge in [0.2, 0.25) is 11.8 Å². The van der Waals surface area contributed by atoms with E-state index in [0.29, 0.717) is 38.5 Å².